The van der Waals surface area contributed by atoms with Gasteiger partial charge in [0, 0.05) is 5.56 Å². The van der Waals surface area contributed by atoms with Gasteiger partial charge in [0.2, 0.25) is 5.13 Å². The van der Waals surface area contributed by atoms with E-state index in [0.29, 0.717) is 15.1 Å². The highest BCUT2D eigenvalue weighted by atomic mass is 127. The summed E-state index contributed by atoms with van der Waals surface area (Å²) in [5.41, 5.74) is 2.89. The Morgan fingerprint density at radius 1 is 1.22 bits per heavy atom. The van der Waals surface area contributed by atoms with Gasteiger partial charge in [-0.1, -0.05) is 41.2 Å². The number of aryl methyl sites for hydroxylation is 1. The molecule has 0 aliphatic carbocycles. The number of aliphatic hydroxyl groups excluding tert-OH is 1. The molecule has 1 N–H and O–H groups in total. The van der Waals surface area contributed by atoms with Gasteiger partial charge in [0.05, 0.1) is 5.57 Å². The molecule has 1 fully saturated rings. The van der Waals surface area contributed by atoms with Crippen molar-refractivity contribution >= 4 is 56.5 Å². The van der Waals surface area contributed by atoms with Gasteiger partial charge in [0.15, 0.2) is 3.77 Å². The van der Waals surface area contributed by atoms with E-state index in [0.717, 1.165) is 16.9 Å². The summed E-state index contributed by atoms with van der Waals surface area (Å²) in [6, 6.07) is 9.53. The number of furan rings is 1. The fraction of sp³-hybridized carbons (Fsp3) is 0.111. The van der Waals surface area contributed by atoms with Gasteiger partial charge >= 0.3 is 5.91 Å². The molecular formula is C18H12IN3O4S. The number of amides is 1. The topological polar surface area (TPSA) is 96.5 Å². The SMILES string of the molecule is Cc1ccc(/C(O)=C2\C(=O)C(=O)N(c3nncs3)C2c2ccc(I)o2)cc1. The highest BCUT2D eigenvalue weighted by molar-refractivity contribution is 14.1. The van der Waals surface area contributed by atoms with Crippen molar-refractivity contribution in [2.75, 3.05) is 4.90 Å². The molecule has 0 radical (unpaired) electrons. The van der Waals surface area contributed by atoms with Crippen molar-refractivity contribution < 1.29 is 19.1 Å². The fourth-order valence-corrected chi connectivity index (χ4v) is 3.93. The Hall–Kier alpha value is -2.53. The van der Waals surface area contributed by atoms with E-state index in [-0.39, 0.29) is 16.5 Å². The van der Waals surface area contributed by atoms with Gasteiger partial charge in [-0.3, -0.25) is 14.5 Å². The number of aliphatic hydroxyl groups is 1. The maximum absolute atomic E-state index is 12.8. The molecule has 0 spiro atoms. The maximum Gasteiger partial charge on any atom is 0.302 e. The van der Waals surface area contributed by atoms with E-state index in [1.807, 2.05) is 41.6 Å². The second-order valence-corrected chi connectivity index (χ2v) is 7.77. The quantitative estimate of drug-likeness (QED) is 0.259. The summed E-state index contributed by atoms with van der Waals surface area (Å²) >= 11 is 3.12. The van der Waals surface area contributed by atoms with Crippen LogP contribution < -0.4 is 4.90 Å². The number of halogens is 1. The Morgan fingerprint density at radius 3 is 2.56 bits per heavy atom. The zero-order valence-corrected chi connectivity index (χ0v) is 16.9. The van der Waals surface area contributed by atoms with Crippen LogP contribution in [0.15, 0.2) is 51.9 Å². The number of hydrogen-bond donors (Lipinski definition) is 1. The first-order valence-corrected chi connectivity index (χ1v) is 9.82. The molecule has 0 bridgehead atoms. The van der Waals surface area contributed by atoms with E-state index in [9.17, 15) is 14.7 Å². The highest BCUT2D eigenvalue weighted by Gasteiger charge is 2.49. The normalized spacial score (nSPS) is 19.0. The Bertz CT molecular complexity index is 1060. The van der Waals surface area contributed by atoms with Crippen molar-refractivity contribution in [1.82, 2.24) is 10.2 Å². The number of carbonyl (C=O) groups is 2. The molecule has 7 nitrogen and oxygen atoms in total. The van der Waals surface area contributed by atoms with Gasteiger partial charge in [-0.15, -0.1) is 10.2 Å². The average Bonchev–Trinajstić information content (AvgIpc) is 3.37. The first kappa shape index (κ1) is 17.9. The van der Waals surface area contributed by atoms with Crippen LogP contribution in [0, 0.1) is 10.7 Å². The number of anilines is 1. The van der Waals surface area contributed by atoms with Crippen LogP contribution in [0.1, 0.15) is 22.9 Å². The van der Waals surface area contributed by atoms with Gasteiger partial charge in [-0.25, -0.2) is 0 Å². The van der Waals surface area contributed by atoms with Crippen molar-refractivity contribution in [3.63, 3.8) is 0 Å². The molecule has 27 heavy (non-hydrogen) atoms. The fourth-order valence-electron chi connectivity index (χ4n) is 2.91. The number of hydrogen-bond acceptors (Lipinski definition) is 7. The smallest absolute Gasteiger partial charge is 0.302 e. The molecule has 1 aliphatic heterocycles. The van der Waals surface area contributed by atoms with E-state index in [2.05, 4.69) is 10.2 Å². The van der Waals surface area contributed by atoms with Crippen LogP contribution in [-0.4, -0.2) is 27.0 Å². The molecule has 136 valence electrons. The minimum atomic E-state index is -0.914. The molecule has 1 aliphatic rings. The third kappa shape index (κ3) is 3.06. The lowest BCUT2D eigenvalue weighted by atomic mass is 9.99. The lowest BCUT2D eigenvalue weighted by molar-refractivity contribution is -0.132. The van der Waals surface area contributed by atoms with E-state index < -0.39 is 17.7 Å². The third-order valence-electron chi connectivity index (χ3n) is 4.19. The maximum atomic E-state index is 12.8. The lowest BCUT2D eigenvalue weighted by Crippen LogP contribution is -2.29. The first-order valence-electron chi connectivity index (χ1n) is 7.87. The second-order valence-electron chi connectivity index (χ2n) is 5.90. The highest BCUT2D eigenvalue weighted by Crippen LogP contribution is 2.43. The van der Waals surface area contributed by atoms with Gasteiger partial charge in [0.1, 0.15) is 23.1 Å². The molecule has 1 amide bonds. The predicted octanol–water partition coefficient (Wildman–Crippen LogP) is 3.67. The third-order valence-corrected chi connectivity index (χ3v) is 5.46. The molecule has 1 atom stereocenters. The van der Waals surface area contributed by atoms with Crippen molar-refractivity contribution in [3.8, 4) is 0 Å². The summed E-state index contributed by atoms with van der Waals surface area (Å²) in [7, 11) is 0. The van der Waals surface area contributed by atoms with Crippen LogP contribution in [0.5, 0.6) is 0 Å². The zero-order valence-electron chi connectivity index (χ0n) is 13.9. The minimum Gasteiger partial charge on any atom is -0.507 e. The van der Waals surface area contributed by atoms with Crippen LogP contribution in [0.3, 0.4) is 0 Å². The molecule has 3 aromatic rings. The van der Waals surface area contributed by atoms with Crippen LogP contribution in [0.25, 0.3) is 5.76 Å². The molecule has 4 rings (SSSR count). The minimum absolute atomic E-state index is 0.0372. The Morgan fingerprint density at radius 2 is 1.96 bits per heavy atom. The summed E-state index contributed by atoms with van der Waals surface area (Å²) in [4.78, 5) is 26.7. The lowest BCUT2D eigenvalue weighted by Gasteiger charge is -2.20. The molecule has 9 heteroatoms. The van der Waals surface area contributed by atoms with Crippen LogP contribution in [-0.2, 0) is 9.59 Å². The Balaban J connectivity index is 1.93. The molecule has 1 unspecified atom stereocenters. The Kier molecular flexibility index (Phi) is 4.56. The molecule has 1 saturated heterocycles. The van der Waals surface area contributed by atoms with Gasteiger partial charge in [-0.2, -0.15) is 0 Å². The second kappa shape index (κ2) is 6.89. The molecule has 3 heterocycles. The van der Waals surface area contributed by atoms with E-state index in [1.165, 1.54) is 10.4 Å². The van der Waals surface area contributed by atoms with E-state index in [4.69, 9.17) is 4.42 Å². The van der Waals surface area contributed by atoms with E-state index in [1.54, 1.807) is 24.3 Å². The monoisotopic (exact) mass is 493 g/mol. The summed E-state index contributed by atoms with van der Waals surface area (Å²) in [6.07, 6.45) is 0. The average molecular weight is 493 g/mol. The molecule has 1 aromatic carbocycles. The van der Waals surface area contributed by atoms with Gasteiger partial charge < -0.3 is 9.52 Å². The summed E-state index contributed by atoms with van der Waals surface area (Å²) in [5.74, 6) is -1.46. The van der Waals surface area contributed by atoms with Gasteiger partial charge in [0.25, 0.3) is 5.78 Å². The number of rotatable bonds is 3. The molecule has 2 aromatic heterocycles. The number of nitrogens with zero attached hydrogens (tertiary/aromatic N) is 3. The first-order chi connectivity index (χ1) is 13.0. The summed E-state index contributed by atoms with van der Waals surface area (Å²) in [6.45, 7) is 1.92. The van der Waals surface area contributed by atoms with Crippen molar-refractivity contribution in [2.24, 2.45) is 0 Å². The largest absolute Gasteiger partial charge is 0.507 e. The van der Waals surface area contributed by atoms with Crippen molar-refractivity contribution in [2.45, 2.75) is 13.0 Å². The number of carbonyl (C=O) groups excluding carboxylic acids is 2. The summed E-state index contributed by atoms with van der Waals surface area (Å²) in [5, 5.41) is 18.8. The number of Topliss-reactive ketones (excluding diaryl/α,β-unsaturated/α-hetero) is 1. The molecule has 0 saturated carbocycles. The number of benzene rings is 1. The number of aromatic nitrogens is 2. The van der Waals surface area contributed by atoms with Crippen LogP contribution in [0.4, 0.5) is 5.13 Å². The van der Waals surface area contributed by atoms with Crippen molar-refractivity contribution in [3.05, 3.63) is 68.1 Å². The molecular weight excluding hydrogens is 481 g/mol. The zero-order chi connectivity index (χ0) is 19.1. The summed E-state index contributed by atoms with van der Waals surface area (Å²) < 4.78 is 6.28. The van der Waals surface area contributed by atoms with Gasteiger partial charge in [-0.05, 0) is 41.6 Å². The van der Waals surface area contributed by atoms with Crippen molar-refractivity contribution in [1.29, 1.82) is 0 Å². The van der Waals surface area contributed by atoms with Crippen LogP contribution >= 0.6 is 33.9 Å². The van der Waals surface area contributed by atoms with E-state index >= 15 is 0 Å². The Labute approximate surface area is 171 Å². The standard InChI is InChI=1S/C18H12IN3O4S/c1-9-2-4-10(5-3-9)15(23)13-14(11-6-7-12(19)26-11)22(17(25)16(13)24)18-21-20-8-27-18/h2-8,14,23H,1H3/b15-13+. The van der Waals surface area contributed by atoms with Crippen LogP contribution in [0.2, 0.25) is 0 Å². The predicted molar refractivity (Wildman–Crippen MR) is 107 cm³/mol. The number of ketones is 1.